The van der Waals surface area contributed by atoms with Gasteiger partial charge in [-0.2, -0.15) is 0 Å². The van der Waals surface area contributed by atoms with Crippen LogP contribution in [0.25, 0.3) is 0 Å². The Bertz CT molecular complexity index is 404. The highest BCUT2D eigenvalue weighted by molar-refractivity contribution is 5.43. The average molecular weight is 265 g/mol. The van der Waals surface area contributed by atoms with Crippen molar-refractivity contribution >= 4 is 0 Å². The van der Waals surface area contributed by atoms with Crippen LogP contribution in [0.1, 0.15) is 12.5 Å². The Morgan fingerprint density at radius 2 is 2.05 bits per heavy atom. The van der Waals surface area contributed by atoms with E-state index >= 15 is 0 Å². The van der Waals surface area contributed by atoms with Gasteiger partial charge in [-0.3, -0.25) is 0 Å². The summed E-state index contributed by atoms with van der Waals surface area (Å²) >= 11 is 0. The summed E-state index contributed by atoms with van der Waals surface area (Å²) in [6.07, 6.45) is 0. The minimum Gasteiger partial charge on any atom is -0.493 e. The fourth-order valence-electron chi connectivity index (χ4n) is 1.55. The van der Waals surface area contributed by atoms with Gasteiger partial charge < -0.3 is 19.5 Å². The molecular weight excluding hydrogens is 242 g/mol. The molecule has 106 valence electrons. The standard InChI is InChI=1S/C15H23NO3/c1-12(2)11-19-14-6-5-13(9-15(14)18-4)10-16-7-8-17-3/h5-6,9,16H,1,7-8,10-11H2,2-4H3. The molecule has 19 heavy (non-hydrogen) atoms. The third-order valence-corrected chi connectivity index (χ3v) is 2.51. The van der Waals surface area contributed by atoms with Crippen molar-refractivity contribution in [3.05, 3.63) is 35.9 Å². The molecule has 0 saturated heterocycles. The van der Waals surface area contributed by atoms with Crippen LogP contribution in [-0.2, 0) is 11.3 Å². The number of hydrogen-bond acceptors (Lipinski definition) is 4. The SMILES string of the molecule is C=C(C)COc1ccc(CNCCOC)cc1OC. The third-order valence-electron chi connectivity index (χ3n) is 2.51. The van der Waals surface area contributed by atoms with Gasteiger partial charge in [0, 0.05) is 20.2 Å². The Kier molecular flexibility index (Phi) is 7.00. The van der Waals surface area contributed by atoms with E-state index in [0.29, 0.717) is 13.2 Å². The first kappa shape index (κ1) is 15.5. The Morgan fingerprint density at radius 3 is 2.68 bits per heavy atom. The molecule has 0 atom stereocenters. The minimum atomic E-state index is 0.502. The number of rotatable bonds is 9. The van der Waals surface area contributed by atoms with E-state index < -0.39 is 0 Å². The van der Waals surface area contributed by atoms with Gasteiger partial charge in [-0.05, 0) is 30.2 Å². The van der Waals surface area contributed by atoms with Crippen LogP contribution in [0.2, 0.25) is 0 Å². The molecule has 0 fully saturated rings. The molecule has 0 saturated carbocycles. The zero-order chi connectivity index (χ0) is 14.1. The van der Waals surface area contributed by atoms with Crippen molar-refractivity contribution in [2.45, 2.75) is 13.5 Å². The van der Waals surface area contributed by atoms with E-state index in [1.807, 2.05) is 25.1 Å². The molecule has 1 N–H and O–H groups in total. The van der Waals surface area contributed by atoms with E-state index in [2.05, 4.69) is 11.9 Å². The maximum Gasteiger partial charge on any atom is 0.161 e. The number of benzene rings is 1. The predicted molar refractivity (Wildman–Crippen MR) is 76.9 cm³/mol. The van der Waals surface area contributed by atoms with Crippen molar-refractivity contribution in [2.75, 3.05) is 34.0 Å². The normalized spacial score (nSPS) is 10.3. The van der Waals surface area contributed by atoms with E-state index in [0.717, 1.165) is 35.7 Å². The lowest BCUT2D eigenvalue weighted by Crippen LogP contribution is -2.18. The molecule has 0 radical (unpaired) electrons. The van der Waals surface area contributed by atoms with Crippen molar-refractivity contribution in [3.63, 3.8) is 0 Å². The highest BCUT2D eigenvalue weighted by Gasteiger charge is 2.05. The smallest absolute Gasteiger partial charge is 0.161 e. The molecule has 4 nitrogen and oxygen atoms in total. The molecule has 0 aliphatic rings. The molecule has 1 aromatic rings. The van der Waals surface area contributed by atoms with E-state index in [4.69, 9.17) is 14.2 Å². The van der Waals surface area contributed by atoms with Crippen LogP contribution in [0.3, 0.4) is 0 Å². The van der Waals surface area contributed by atoms with Crippen molar-refractivity contribution in [3.8, 4) is 11.5 Å². The Labute approximate surface area is 115 Å². The number of nitrogens with one attached hydrogen (secondary N) is 1. The summed E-state index contributed by atoms with van der Waals surface area (Å²) in [6.45, 7) is 8.56. The Hall–Kier alpha value is -1.52. The third kappa shape index (κ3) is 5.77. The maximum absolute atomic E-state index is 5.62. The molecule has 0 spiro atoms. The summed E-state index contributed by atoms with van der Waals surface area (Å²) in [4.78, 5) is 0. The van der Waals surface area contributed by atoms with Crippen LogP contribution in [0, 0.1) is 0 Å². The van der Waals surface area contributed by atoms with Crippen molar-refractivity contribution in [2.24, 2.45) is 0 Å². The molecule has 4 heteroatoms. The lowest BCUT2D eigenvalue weighted by Gasteiger charge is -2.12. The molecule has 0 unspecified atom stereocenters. The van der Waals surface area contributed by atoms with Gasteiger partial charge in [-0.1, -0.05) is 12.6 Å². The Balaban J connectivity index is 2.59. The van der Waals surface area contributed by atoms with Crippen LogP contribution in [0.5, 0.6) is 11.5 Å². The molecule has 0 amide bonds. The maximum atomic E-state index is 5.62. The average Bonchev–Trinajstić information content (AvgIpc) is 2.41. The van der Waals surface area contributed by atoms with Crippen LogP contribution >= 0.6 is 0 Å². The van der Waals surface area contributed by atoms with Crippen LogP contribution in [0.4, 0.5) is 0 Å². The summed E-state index contributed by atoms with van der Waals surface area (Å²) in [5.74, 6) is 1.48. The van der Waals surface area contributed by atoms with Crippen LogP contribution in [0.15, 0.2) is 30.4 Å². The van der Waals surface area contributed by atoms with E-state index in [1.165, 1.54) is 0 Å². The lowest BCUT2D eigenvalue weighted by atomic mass is 10.2. The van der Waals surface area contributed by atoms with Crippen molar-refractivity contribution in [1.82, 2.24) is 5.32 Å². The highest BCUT2D eigenvalue weighted by Crippen LogP contribution is 2.28. The quantitative estimate of drug-likeness (QED) is 0.550. The summed E-state index contributed by atoms with van der Waals surface area (Å²) in [5.41, 5.74) is 2.13. The number of hydrogen-bond donors (Lipinski definition) is 1. The van der Waals surface area contributed by atoms with E-state index in [1.54, 1.807) is 14.2 Å². The zero-order valence-corrected chi connectivity index (χ0v) is 12.0. The second kappa shape index (κ2) is 8.56. The van der Waals surface area contributed by atoms with Gasteiger partial charge in [0.2, 0.25) is 0 Å². The largest absolute Gasteiger partial charge is 0.493 e. The summed E-state index contributed by atoms with van der Waals surface area (Å²) < 4.78 is 15.9. The van der Waals surface area contributed by atoms with E-state index in [-0.39, 0.29) is 0 Å². The lowest BCUT2D eigenvalue weighted by molar-refractivity contribution is 0.199. The second-order valence-corrected chi connectivity index (χ2v) is 4.40. The van der Waals surface area contributed by atoms with E-state index in [9.17, 15) is 0 Å². The topological polar surface area (TPSA) is 39.7 Å². The molecular formula is C15H23NO3. The number of methoxy groups -OCH3 is 2. The molecule has 0 bridgehead atoms. The molecule has 0 heterocycles. The first-order valence-electron chi connectivity index (χ1n) is 6.31. The fourth-order valence-corrected chi connectivity index (χ4v) is 1.55. The fraction of sp³-hybridized carbons (Fsp3) is 0.467. The van der Waals surface area contributed by atoms with Gasteiger partial charge in [0.1, 0.15) is 6.61 Å². The predicted octanol–water partition coefficient (Wildman–Crippen LogP) is 2.39. The van der Waals surface area contributed by atoms with Crippen molar-refractivity contribution in [1.29, 1.82) is 0 Å². The first-order valence-corrected chi connectivity index (χ1v) is 6.31. The second-order valence-electron chi connectivity index (χ2n) is 4.40. The van der Waals surface area contributed by atoms with Crippen LogP contribution < -0.4 is 14.8 Å². The van der Waals surface area contributed by atoms with Gasteiger partial charge in [0.25, 0.3) is 0 Å². The molecule has 0 aromatic heterocycles. The summed E-state index contributed by atoms with van der Waals surface area (Å²) in [7, 11) is 3.34. The van der Waals surface area contributed by atoms with Crippen molar-refractivity contribution < 1.29 is 14.2 Å². The zero-order valence-electron chi connectivity index (χ0n) is 12.0. The van der Waals surface area contributed by atoms with Gasteiger partial charge in [-0.25, -0.2) is 0 Å². The van der Waals surface area contributed by atoms with Gasteiger partial charge >= 0.3 is 0 Å². The number of ether oxygens (including phenoxy) is 3. The van der Waals surface area contributed by atoms with Gasteiger partial charge in [0.15, 0.2) is 11.5 Å². The molecule has 0 aliphatic heterocycles. The van der Waals surface area contributed by atoms with Gasteiger partial charge in [-0.15, -0.1) is 0 Å². The Morgan fingerprint density at radius 1 is 1.26 bits per heavy atom. The minimum absolute atomic E-state index is 0.502. The first-order chi connectivity index (χ1) is 9.17. The van der Waals surface area contributed by atoms with Gasteiger partial charge in [0.05, 0.1) is 13.7 Å². The molecule has 1 aromatic carbocycles. The summed E-state index contributed by atoms with van der Waals surface area (Å²) in [5, 5.41) is 3.29. The monoisotopic (exact) mass is 265 g/mol. The summed E-state index contributed by atoms with van der Waals surface area (Å²) in [6, 6.07) is 5.93. The highest BCUT2D eigenvalue weighted by atomic mass is 16.5. The molecule has 0 aliphatic carbocycles. The van der Waals surface area contributed by atoms with Crippen LogP contribution in [-0.4, -0.2) is 34.0 Å². The molecule has 1 rings (SSSR count).